The molecule has 0 aliphatic rings. The number of phenols is 1. The van der Waals surface area contributed by atoms with Crippen molar-refractivity contribution in [3.8, 4) is 11.4 Å². The maximum Gasteiger partial charge on any atom is 0.266 e. The summed E-state index contributed by atoms with van der Waals surface area (Å²) in [6.07, 6.45) is 0.734. The number of aliphatic hydroxyl groups excluding tert-OH is 1. The first kappa shape index (κ1) is 19.0. The first-order valence-corrected chi connectivity index (χ1v) is 9.12. The van der Waals surface area contributed by atoms with Crippen LogP contribution in [0.4, 0.5) is 0 Å². The zero-order valence-corrected chi connectivity index (χ0v) is 16.3. The van der Waals surface area contributed by atoms with Crippen LogP contribution in [0, 0.1) is 12.8 Å². The Morgan fingerprint density at radius 1 is 1.07 bits per heavy atom. The summed E-state index contributed by atoms with van der Waals surface area (Å²) in [6.45, 7) is 9.49. The Morgan fingerprint density at radius 3 is 2.33 bits per heavy atom. The molecule has 0 radical (unpaired) electrons. The van der Waals surface area contributed by atoms with Crippen LogP contribution >= 0.6 is 0 Å². The summed E-state index contributed by atoms with van der Waals surface area (Å²) >= 11 is 0. The molecule has 0 bridgehead atoms. The molecule has 0 aliphatic heterocycles. The van der Waals surface area contributed by atoms with Gasteiger partial charge in [-0.1, -0.05) is 27.7 Å². The van der Waals surface area contributed by atoms with Crippen LogP contribution in [0.25, 0.3) is 16.6 Å². The molecule has 0 saturated heterocycles. The number of pyridine rings is 1. The number of aryl methyl sites for hydroxylation is 1. The fourth-order valence-corrected chi connectivity index (χ4v) is 3.13. The number of phenolic OH excluding ortho intramolecular Hbond substituents is 1. The quantitative estimate of drug-likeness (QED) is 0.735. The smallest absolute Gasteiger partial charge is 0.266 e. The van der Waals surface area contributed by atoms with Gasteiger partial charge < -0.3 is 10.2 Å². The number of benzene rings is 1. The molecule has 1 unspecified atom stereocenters. The Morgan fingerprint density at radius 2 is 1.78 bits per heavy atom. The number of hydrogen-bond donors (Lipinski definition) is 2. The highest BCUT2D eigenvalue weighted by Crippen LogP contribution is 2.34. The number of nitrogens with zero attached hydrogens (tertiary/aromatic N) is 3. The number of aliphatic hydroxyl groups is 1. The minimum Gasteiger partial charge on any atom is -0.507 e. The van der Waals surface area contributed by atoms with E-state index in [9.17, 15) is 15.0 Å². The normalized spacial score (nSPS) is 12.9. The lowest BCUT2D eigenvalue weighted by atomic mass is 9.95. The lowest BCUT2D eigenvalue weighted by Crippen LogP contribution is -2.25. The van der Waals surface area contributed by atoms with Gasteiger partial charge in [0.2, 0.25) is 0 Å². The highest BCUT2D eigenvalue weighted by Gasteiger charge is 2.24. The van der Waals surface area contributed by atoms with Gasteiger partial charge >= 0.3 is 0 Å². The molecule has 6 heteroatoms. The molecule has 2 aromatic heterocycles. The molecular weight excluding hydrogens is 342 g/mol. The van der Waals surface area contributed by atoms with E-state index in [0.29, 0.717) is 28.0 Å². The second kappa shape index (κ2) is 7.12. The highest BCUT2D eigenvalue weighted by atomic mass is 16.3. The van der Waals surface area contributed by atoms with E-state index in [1.54, 1.807) is 16.8 Å². The minimum atomic E-state index is -0.919. The van der Waals surface area contributed by atoms with Gasteiger partial charge in [0, 0.05) is 17.2 Å². The largest absolute Gasteiger partial charge is 0.507 e. The number of rotatable bonds is 4. The first-order valence-electron chi connectivity index (χ1n) is 9.12. The molecule has 1 aromatic carbocycles. The van der Waals surface area contributed by atoms with E-state index >= 15 is 0 Å². The van der Waals surface area contributed by atoms with E-state index in [4.69, 9.17) is 4.98 Å². The van der Waals surface area contributed by atoms with E-state index in [1.165, 1.54) is 6.07 Å². The Balaban J connectivity index is 2.42. The third kappa shape index (κ3) is 3.32. The van der Waals surface area contributed by atoms with Crippen molar-refractivity contribution in [2.75, 3.05) is 0 Å². The second-order valence-electron chi connectivity index (χ2n) is 7.51. The monoisotopic (exact) mass is 367 g/mol. The summed E-state index contributed by atoms with van der Waals surface area (Å²) in [6, 6.07) is 6.69. The molecule has 3 aromatic rings. The van der Waals surface area contributed by atoms with Crippen LogP contribution in [0.2, 0.25) is 0 Å². The molecule has 3 rings (SSSR count). The van der Waals surface area contributed by atoms with Crippen molar-refractivity contribution in [2.24, 2.45) is 5.92 Å². The van der Waals surface area contributed by atoms with Crippen LogP contribution in [0.15, 0.2) is 35.3 Å². The van der Waals surface area contributed by atoms with E-state index in [0.717, 1.165) is 5.69 Å². The topological polar surface area (TPSA) is 88.2 Å². The maximum atomic E-state index is 13.3. The van der Waals surface area contributed by atoms with Crippen LogP contribution in [0.1, 0.15) is 56.8 Å². The zero-order chi connectivity index (χ0) is 19.9. The maximum absolute atomic E-state index is 13.3. The Hall–Kier alpha value is -2.73. The summed E-state index contributed by atoms with van der Waals surface area (Å²) in [4.78, 5) is 22.3. The van der Waals surface area contributed by atoms with Gasteiger partial charge in [-0.15, -0.1) is 0 Å². The summed E-state index contributed by atoms with van der Waals surface area (Å²) in [5.41, 5.74) is 1.91. The van der Waals surface area contributed by atoms with E-state index in [2.05, 4.69) is 4.98 Å². The standard InChI is InChI=1S/C21H25N3O3/c1-11(2)19(26)17-16(25)9-8-15-18(17)23-20(12(3)4)24(21(15)27)14-7-6-13(5)22-10-14/h6-12,19,25-26H,1-5H3. The van der Waals surface area contributed by atoms with Gasteiger partial charge in [0.1, 0.15) is 11.6 Å². The summed E-state index contributed by atoms with van der Waals surface area (Å²) in [7, 11) is 0. The number of hydrogen-bond acceptors (Lipinski definition) is 5. The van der Waals surface area contributed by atoms with Gasteiger partial charge in [0.15, 0.2) is 0 Å². The molecule has 0 saturated carbocycles. The SMILES string of the molecule is Cc1ccc(-n2c(C(C)C)nc3c(C(O)C(C)C)c(O)ccc3c2=O)cn1. The Labute approximate surface area is 158 Å². The van der Waals surface area contributed by atoms with Crippen LogP contribution in [0.3, 0.4) is 0 Å². The molecule has 2 heterocycles. The third-order valence-electron chi connectivity index (χ3n) is 4.68. The van der Waals surface area contributed by atoms with Crippen molar-refractivity contribution in [1.29, 1.82) is 0 Å². The van der Waals surface area contributed by atoms with Crippen molar-refractivity contribution in [3.63, 3.8) is 0 Å². The van der Waals surface area contributed by atoms with E-state index in [1.807, 2.05) is 46.8 Å². The van der Waals surface area contributed by atoms with Crippen molar-refractivity contribution < 1.29 is 10.2 Å². The average Bonchev–Trinajstić information content (AvgIpc) is 2.61. The van der Waals surface area contributed by atoms with E-state index < -0.39 is 6.10 Å². The molecule has 6 nitrogen and oxygen atoms in total. The van der Waals surface area contributed by atoms with Gasteiger partial charge in [0.25, 0.3) is 5.56 Å². The number of aromatic hydroxyl groups is 1. The van der Waals surface area contributed by atoms with Gasteiger partial charge in [0.05, 0.1) is 28.9 Å². The van der Waals surface area contributed by atoms with Crippen LogP contribution in [-0.4, -0.2) is 24.7 Å². The van der Waals surface area contributed by atoms with Gasteiger partial charge in [-0.2, -0.15) is 0 Å². The highest BCUT2D eigenvalue weighted by molar-refractivity contribution is 5.84. The van der Waals surface area contributed by atoms with Gasteiger partial charge in [-0.25, -0.2) is 4.98 Å². The summed E-state index contributed by atoms with van der Waals surface area (Å²) < 4.78 is 1.56. The van der Waals surface area contributed by atoms with Crippen LogP contribution in [-0.2, 0) is 0 Å². The van der Waals surface area contributed by atoms with Crippen molar-refractivity contribution in [1.82, 2.24) is 14.5 Å². The third-order valence-corrected chi connectivity index (χ3v) is 4.68. The molecule has 0 spiro atoms. The molecule has 0 aliphatic carbocycles. The number of fused-ring (bicyclic) bond motifs is 1. The lowest BCUT2D eigenvalue weighted by molar-refractivity contribution is 0.125. The molecule has 0 amide bonds. The molecular formula is C21H25N3O3. The van der Waals surface area contributed by atoms with Gasteiger partial charge in [-0.05, 0) is 37.1 Å². The summed E-state index contributed by atoms with van der Waals surface area (Å²) in [5, 5.41) is 21.3. The molecule has 27 heavy (non-hydrogen) atoms. The molecule has 1 atom stereocenters. The first-order chi connectivity index (χ1) is 12.7. The van der Waals surface area contributed by atoms with Crippen molar-refractivity contribution in [3.05, 3.63) is 57.9 Å². The Bertz CT molecular complexity index is 1040. The van der Waals surface area contributed by atoms with E-state index in [-0.39, 0.29) is 23.1 Å². The molecule has 142 valence electrons. The molecule has 0 fully saturated rings. The molecule has 2 N–H and O–H groups in total. The van der Waals surface area contributed by atoms with Crippen molar-refractivity contribution >= 4 is 10.9 Å². The van der Waals surface area contributed by atoms with Crippen LogP contribution in [0.5, 0.6) is 5.75 Å². The Kier molecular flexibility index (Phi) is 5.02. The zero-order valence-electron chi connectivity index (χ0n) is 16.3. The fourth-order valence-electron chi connectivity index (χ4n) is 3.13. The second-order valence-corrected chi connectivity index (χ2v) is 7.51. The van der Waals surface area contributed by atoms with Crippen molar-refractivity contribution in [2.45, 2.75) is 46.6 Å². The predicted octanol–water partition coefficient (Wildman–Crippen LogP) is 3.61. The fraction of sp³-hybridized carbons (Fsp3) is 0.381. The van der Waals surface area contributed by atoms with Crippen LogP contribution < -0.4 is 5.56 Å². The summed E-state index contributed by atoms with van der Waals surface area (Å²) in [5.74, 6) is 0.324. The average molecular weight is 367 g/mol. The minimum absolute atomic E-state index is 0.0465. The number of aromatic nitrogens is 3. The van der Waals surface area contributed by atoms with Gasteiger partial charge in [-0.3, -0.25) is 14.3 Å². The lowest BCUT2D eigenvalue weighted by Gasteiger charge is -2.21. The predicted molar refractivity (Wildman–Crippen MR) is 105 cm³/mol.